The van der Waals surface area contributed by atoms with E-state index in [-0.39, 0.29) is 41.1 Å². The summed E-state index contributed by atoms with van der Waals surface area (Å²) in [4.78, 5) is 23.3. The molecule has 0 unspecified atom stereocenters. The first-order chi connectivity index (χ1) is 11.7. The minimum absolute atomic E-state index is 0.0424. The van der Waals surface area contributed by atoms with Gasteiger partial charge in [-0.2, -0.15) is 4.31 Å². The third kappa shape index (κ3) is 4.19. The van der Waals surface area contributed by atoms with Crippen molar-refractivity contribution in [2.45, 2.75) is 31.7 Å². The van der Waals surface area contributed by atoms with E-state index in [9.17, 15) is 18.0 Å². The van der Waals surface area contributed by atoms with Crippen LogP contribution < -0.4 is 10.6 Å². The lowest BCUT2D eigenvalue weighted by molar-refractivity contribution is -0.119. The predicted octanol–water partition coefficient (Wildman–Crippen LogP) is 0.827. The van der Waals surface area contributed by atoms with Gasteiger partial charge in [-0.05, 0) is 30.0 Å². The molecule has 1 saturated heterocycles. The third-order valence-corrected chi connectivity index (χ3v) is 6.37. The van der Waals surface area contributed by atoms with Crippen molar-refractivity contribution in [3.05, 3.63) is 29.8 Å². The molecule has 138 valence electrons. The van der Waals surface area contributed by atoms with E-state index < -0.39 is 10.0 Å². The molecule has 2 N–H and O–H groups in total. The van der Waals surface area contributed by atoms with Gasteiger partial charge in [0.15, 0.2) is 0 Å². The van der Waals surface area contributed by atoms with Crippen molar-refractivity contribution in [2.24, 2.45) is 11.8 Å². The van der Waals surface area contributed by atoms with E-state index >= 15 is 0 Å². The Bertz CT molecular complexity index is 761. The largest absolute Gasteiger partial charge is 0.355 e. The van der Waals surface area contributed by atoms with Crippen molar-refractivity contribution in [3.8, 4) is 0 Å². The molecule has 1 fully saturated rings. The number of hydrogen-bond acceptors (Lipinski definition) is 4. The maximum absolute atomic E-state index is 13.0. The summed E-state index contributed by atoms with van der Waals surface area (Å²) in [6.45, 7) is 6.04. The molecule has 8 heteroatoms. The van der Waals surface area contributed by atoms with Gasteiger partial charge < -0.3 is 10.6 Å². The van der Waals surface area contributed by atoms with Crippen molar-refractivity contribution in [1.82, 2.24) is 14.9 Å². The Morgan fingerprint density at radius 2 is 1.92 bits per heavy atom. The highest BCUT2D eigenvalue weighted by molar-refractivity contribution is 7.89. The molecule has 0 aromatic heterocycles. The summed E-state index contributed by atoms with van der Waals surface area (Å²) in [5.41, 5.74) is 0.293. The molecule has 0 spiro atoms. The van der Waals surface area contributed by atoms with E-state index in [1.54, 1.807) is 12.1 Å². The van der Waals surface area contributed by atoms with Crippen LogP contribution in [0.5, 0.6) is 0 Å². The van der Waals surface area contributed by atoms with Crippen molar-refractivity contribution >= 4 is 21.8 Å². The van der Waals surface area contributed by atoms with Gasteiger partial charge >= 0.3 is 0 Å². The van der Waals surface area contributed by atoms with Crippen LogP contribution in [0.25, 0.3) is 0 Å². The van der Waals surface area contributed by atoms with Gasteiger partial charge in [0.2, 0.25) is 15.9 Å². The van der Waals surface area contributed by atoms with Crippen molar-refractivity contribution in [1.29, 1.82) is 0 Å². The molecule has 0 saturated carbocycles. The number of nitrogens with zero attached hydrogens (tertiary/aromatic N) is 1. The zero-order chi connectivity index (χ0) is 18.8. The molecular formula is C17H25N3O4S. The first-order valence-electron chi connectivity index (χ1n) is 8.26. The number of benzene rings is 1. The van der Waals surface area contributed by atoms with Crippen LogP contribution in [0.15, 0.2) is 29.2 Å². The Morgan fingerprint density at radius 3 is 2.48 bits per heavy atom. The van der Waals surface area contributed by atoms with E-state index in [4.69, 9.17) is 0 Å². The lowest BCUT2D eigenvalue weighted by Crippen LogP contribution is -2.41. The summed E-state index contributed by atoms with van der Waals surface area (Å²) in [6.07, 6.45) is 0. The molecule has 1 aliphatic rings. The van der Waals surface area contributed by atoms with Gasteiger partial charge in [0, 0.05) is 38.7 Å². The highest BCUT2D eigenvalue weighted by Crippen LogP contribution is 2.29. The molecule has 1 aliphatic heterocycles. The quantitative estimate of drug-likeness (QED) is 0.806. The van der Waals surface area contributed by atoms with Gasteiger partial charge in [-0.3, -0.25) is 9.59 Å². The van der Waals surface area contributed by atoms with Gasteiger partial charge in [0.05, 0.1) is 4.90 Å². The zero-order valence-corrected chi connectivity index (χ0v) is 15.8. The number of carbonyl (C=O) groups is 2. The van der Waals surface area contributed by atoms with Gasteiger partial charge in [-0.25, -0.2) is 8.42 Å². The second kappa shape index (κ2) is 7.53. The molecular weight excluding hydrogens is 342 g/mol. The summed E-state index contributed by atoms with van der Waals surface area (Å²) >= 11 is 0. The highest BCUT2D eigenvalue weighted by Gasteiger charge is 2.41. The molecule has 1 heterocycles. The molecule has 2 amide bonds. The van der Waals surface area contributed by atoms with E-state index in [2.05, 4.69) is 10.6 Å². The Morgan fingerprint density at radius 1 is 1.24 bits per heavy atom. The Hall–Kier alpha value is -1.93. The number of nitrogens with one attached hydrogen (secondary N) is 2. The first kappa shape index (κ1) is 19.4. The fraction of sp³-hybridized carbons (Fsp3) is 0.529. The van der Waals surface area contributed by atoms with Crippen molar-refractivity contribution < 1.29 is 18.0 Å². The minimum Gasteiger partial charge on any atom is -0.355 e. The van der Waals surface area contributed by atoms with Crippen LogP contribution in [0.1, 0.15) is 31.1 Å². The second-order valence-electron chi connectivity index (χ2n) is 6.64. The fourth-order valence-corrected chi connectivity index (χ4v) is 4.72. The van der Waals surface area contributed by atoms with Gasteiger partial charge in [-0.15, -0.1) is 0 Å². The van der Waals surface area contributed by atoms with E-state index in [1.807, 2.05) is 13.8 Å². The Kier molecular flexibility index (Phi) is 5.84. The molecule has 0 bridgehead atoms. The van der Waals surface area contributed by atoms with E-state index in [1.165, 1.54) is 30.4 Å². The fourth-order valence-electron chi connectivity index (χ4n) is 3.17. The topological polar surface area (TPSA) is 95.6 Å². The number of rotatable bonds is 5. The van der Waals surface area contributed by atoms with Crippen LogP contribution >= 0.6 is 0 Å². The molecule has 1 aromatic carbocycles. The Labute approximate surface area is 148 Å². The standard InChI is InChI=1S/C17H25N3O4S/c1-11(2)15-9-20(10-16(15)19-12(3)21)25(23,24)14-7-5-6-13(8-14)17(22)18-4/h5-8,11,15-16H,9-10H2,1-4H3,(H,18,22)(H,19,21)/t15-,16+/m0/s1. The number of sulfonamides is 1. The molecule has 2 atom stereocenters. The molecule has 0 radical (unpaired) electrons. The van der Waals surface area contributed by atoms with Crippen LogP contribution in [0, 0.1) is 11.8 Å². The molecule has 7 nitrogen and oxygen atoms in total. The van der Waals surface area contributed by atoms with E-state index in [0.29, 0.717) is 12.1 Å². The average Bonchev–Trinajstić information content (AvgIpc) is 2.98. The first-order valence-corrected chi connectivity index (χ1v) is 9.70. The van der Waals surface area contributed by atoms with Gasteiger partial charge in [0.25, 0.3) is 5.91 Å². The lowest BCUT2D eigenvalue weighted by Gasteiger charge is -2.21. The van der Waals surface area contributed by atoms with Gasteiger partial charge in [-0.1, -0.05) is 19.9 Å². The van der Waals surface area contributed by atoms with Crippen LogP contribution in [-0.2, 0) is 14.8 Å². The minimum atomic E-state index is -3.74. The van der Waals surface area contributed by atoms with Crippen LogP contribution in [0.3, 0.4) is 0 Å². The highest BCUT2D eigenvalue weighted by atomic mass is 32.2. The third-order valence-electron chi connectivity index (χ3n) is 4.54. The van der Waals surface area contributed by atoms with Crippen LogP contribution in [-0.4, -0.2) is 50.7 Å². The average molecular weight is 367 g/mol. The number of amides is 2. The summed E-state index contributed by atoms with van der Waals surface area (Å²) in [6, 6.07) is 5.77. The molecule has 2 rings (SSSR count). The monoisotopic (exact) mass is 367 g/mol. The Balaban J connectivity index is 2.31. The maximum atomic E-state index is 13.0. The summed E-state index contributed by atoms with van der Waals surface area (Å²) < 4.78 is 27.3. The van der Waals surface area contributed by atoms with Crippen molar-refractivity contribution in [3.63, 3.8) is 0 Å². The number of hydrogen-bond donors (Lipinski definition) is 2. The van der Waals surface area contributed by atoms with Crippen LogP contribution in [0.2, 0.25) is 0 Å². The predicted molar refractivity (Wildman–Crippen MR) is 94.5 cm³/mol. The SMILES string of the molecule is CNC(=O)c1cccc(S(=O)(=O)N2C[C@@H](NC(C)=O)[C@H](C(C)C)C2)c1. The number of carbonyl (C=O) groups excluding carboxylic acids is 2. The zero-order valence-electron chi connectivity index (χ0n) is 14.9. The van der Waals surface area contributed by atoms with E-state index in [0.717, 1.165) is 0 Å². The van der Waals surface area contributed by atoms with Crippen LogP contribution in [0.4, 0.5) is 0 Å². The normalized spacial score (nSPS) is 21.3. The van der Waals surface area contributed by atoms with Gasteiger partial charge in [0.1, 0.15) is 0 Å². The lowest BCUT2D eigenvalue weighted by atomic mass is 9.91. The second-order valence-corrected chi connectivity index (χ2v) is 8.58. The maximum Gasteiger partial charge on any atom is 0.251 e. The summed E-state index contributed by atoms with van der Waals surface area (Å²) in [7, 11) is -2.24. The summed E-state index contributed by atoms with van der Waals surface area (Å²) in [5, 5.41) is 5.34. The molecule has 1 aromatic rings. The van der Waals surface area contributed by atoms with Crippen molar-refractivity contribution in [2.75, 3.05) is 20.1 Å². The molecule has 25 heavy (non-hydrogen) atoms. The smallest absolute Gasteiger partial charge is 0.251 e. The summed E-state index contributed by atoms with van der Waals surface area (Å²) in [5.74, 6) is -0.235. The molecule has 0 aliphatic carbocycles.